The largest absolute Gasteiger partial charge is 0.392 e. The van der Waals surface area contributed by atoms with E-state index in [0.29, 0.717) is 35.5 Å². The minimum atomic E-state index is -3.25. The molecule has 11 heteroatoms. The standard InChI is InChI=1S/C17H28N6O3S2/c1-9-11(13(18)27)14(22-15(21-9)19-7-8-20-28(4,25)26)23-16(2)6-5-10-12(24)17(10,16)3/h10,12,20,24H,5-8H2,1-4H3,(H2,18,27)(H2,19,21,22,23). The molecule has 1 heterocycles. The molecule has 156 valence electrons. The summed E-state index contributed by atoms with van der Waals surface area (Å²) in [5.41, 5.74) is 6.58. The van der Waals surface area contributed by atoms with Crippen LogP contribution in [0.15, 0.2) is 0 Å². The van der Waals surface area contributed by atoms with E-state index >= 15 is 0 Å². The van der Waals surface area contributed by atoms with Gasteiger partial charge in [0.2, 0.25) is 16.0 Å². The zero-order valence-electron chi connectivity index (χ0n) is 16.5. The average molecular weight is 429 g/mol. The number of anilines is 2. The van der Waals surface area contributed by atoms with E-state index in [1.165, 1.54) is 0 Å². The molecule has 1 aromatic rings. The number of nitrogens with one attached hydrogen (secondary N) is 3. The van der Waals surface area contributed by atoms with Crippen molar-refractivity contribution < 1.29 is 13.5 Å². The van der Waals surface area contributed by atoms with Gasteiger partial charge in [0, 0.05) is 24.0 Å². The van der Waals surface area contributed by atoms with Crippen molar-refractivity contribution in [1.82, 2.24) is 14.7 Å². The molecular weight excluding hydrogens is 400 g/mol. The first kappa shape index (κ1) is 21.2. The first-order valence-corrected chi connectivity index (χ1v) is 11.5. The molecule has 2 aliphatic carbocycles. The lowest BCUT2D eigenvalue weighted by atomic mass is 9.84. The van der Waals surface area contributed by atoms with E-state index in [4.69, 9.17) is 18.0 Å². The second-order valence-corrected chi connectivity index (χ2v) is 10.4. The van der Waals surface area contributed by atoms with Gasteiger partial charge in [0.05, 0.1) is 23.6 Å². The molecule has 0 aliphatic heterocycles. The van der Waals surface area contributed by atoms with Crippen molar-refractivity contribution in [2.45, 2.75) is 45.3 Å². The van der Waals surface area contributed by atoms with E-state index in [-0.39, 0.29) is 28.6 Å². The highest BCUT2D eigenvalue weighted by atomic mass is 32.2. The Kier molecular flexibility index (Phi) is 5.32. The number of aryl methyl sites for hydroxylation is 1. The van der Waals surface area contributed by atoms with Crippen LogP contribution in [0.25, 0.3) is 0 Å². The van der Waals surface area contributed by atoms with E-state index in [0.717, 1.165) is 19.1 Å². The highest BCUT2D eigenvalue weighted by Crippen LogP contribution is 2.68. The lowest BCUT2D eigenvalue weighted by Crippen LogP contribution is -2.44. The van der Waals surface area contributed by atoms with Crippen LogP contribution in [0, 0.1) is 18.3 Å². The predicted molar refractivity (Wildman–Crippen MR) is 113 cm³/mol. The third kappa shape index (κ3) is 3.68. The Labute approximate surface area is 171 Å². The molecule has 1 aromatic heterocycles. The Morgan fingerprint density at radius 3 is 2.57 bits per heavy atom. The van der Waals surface area contributed by atoms with E-state index in [2.05, 4.69) is 39.2 Å². The maximum Gasteiger partial charge on any atom is 0.224 e. The second-order valence-electron chi connectivity index (χ2n) is 8.14. The molecule has 0 amide bonds. The summed E-state index contributed by atoms with van der Waals surface area (Å²) in [6.07, 6.45) is 2.64. The second kappa shape index (κ2) is 7.05. The maximum atomic E-state index is 11.2. The average Bonchev–Trinajstić information content (AvgIpc) is 2.98. The SMILES string of the molecule is Cc1nc(NCCNS(C)(=O)=O)nc(NC2(C)CCC3C(O)C32C)c1C(N)=S. The van der Waals surface area contributed by atoms with E-state index in [1.807, 2.05) is 0 Å². The van der Waals surface area contributed by atoms with E-state index < -0.39 is 10.0 Å². The molecule has 0 bridgehead atoms. The number of rotatable bonds is 8. The molecule has 4 unspecified atom stereocenters. The molecular formula is C17H28N6O3S2. The Hall–Kier alpha value is -1.56. The van der Waals surface area contributed by atoms with Crippen molar-refractivity contribution in [2.24, 2.45) is 17.1 Å². The normalized spacial score (nSPS) is 31.3. The number of thiocarbonyl (C=S) groups is 1. The molecule has 0 aromatic carbocycles. The van der Waals surface area contributed by atoms with E-state index in [1.54, 1.807) is 6.92 Å². The fourth-order valence-corrected chi connectivity index (χ4v) is 5.11. The lowest BCUT2D eigenvalue weighted by molar-refractivity contribution is 0.172. The highest BCUT2D eigenvalue weighted by molar-refractivity contribution is 7.88. The number of sulfonamides is 1. The molecule has 0 saturated heterocycles. The number of aromatic nitrogens is 2. The molecule has 2 saturated carbocycles. The summed E-state index contributed by atoms with van der Waals surface area (Å²) in [6.45, 7) is 6.52. The molecule has 0 spiro atoms. The molecule has 6 N–H and O–H groups in total. The van der Waals surface area contributed by atoms with Crippen molar-refractivity contribution >= 4 is 39.0 Å². The molecule has 4 atom stereocenters. The van der Waals surface area contributed by atoms with Gasteiger partial charge in [-0.3, -0.25) is 0 Å². The van der Waals surface area contributed by atoms with Crippen LogP contribution in [0.1, 0.15) is 37.9 Å². The van der Waals surface area contributed by atoms with Gasteiger partial charge in [-0.1, -0.05) is 19.1 Å². The van der Waals surface area contributed by atoms with Crippen molar-refractivity contribution in [2.75, 3.05) is 30.0 Å². The summed E-state index contributed by atoms with van der Waals surface area (Å²) >= 11 is 5.21. The minimum absolute atomic E-state index is 0.199. The number of nitrogens with zero attached hydrogens (tertiary/aromatic N) is 2. The van der Waals surface area contributed by atoms with Crippen molar-refractivity contribution in [3.8, 4) is 0 Å². The third-order valence-electron chi connectivity index (χ3n) is 6.30. The van der Waals surface area contributed by atoms with Crippen molar-refractivity contribution in [3.05, 3.63) is 11.3 Å². The van der Waals surface area contributed by atoms with Crippen LogP contribution in [-0.4, -0.2) is 59.5 Å². The zero-order valence-corrected chi connectivity index (χ0v) is 18.2. The highest BCUT2D eigenvalue weighted by Gasteiger charge is 2.73. The summed E-state index contributed by atoms with van der Waals surface area (Å²) in [7, 11) is -3.25. The van der Waals surface area contributed by atoms with Gasteiger partial charge in [0.1, 0.15) is 10.8 Å². The fraction of sp³-hybridized carbons (Fsp3) is 0.706. The third-order valence-corrected chi connectivity index (χ3v) is 7.24. The van der Waals surface area contributed by atoms with Gasteiger partial charge in [-0.2, -0.15) is 4.98 Å². The van der Waals surface area contributed by atoms with E-state index in [9.17, 15) is 13.5 Å². The number of hydrogen-bond acceptors (Lipinski definition) is 8. The Morgan fingerprint density at radius 2 is 2.04 bits per heavy atom. The molecule has 28 heavy (non-hydrogen) atoms. The molecule has 0 radical (unpaired) electrons. The lowest BCUT2D eigenvalue weighted by Gasteiger charge is -2.36. The summed E-state index contributed by atoms with van der Waals surface area (Å²) in [4.78, 5) is 9.14. The summed E-state index contributed by atoms with van der Waals surface area (Å²) in [5, 5.41) is 16.8. The monoisotopic (exact) mass is 428 g/mol. The van der Waals surface area contributed by atoms with Crippen molar-refractivity contribution in [1.29, 1.82) is 0 Å². The first-order chi connectivity index (χ1) is 12.9. The number of nitrogens with two attached hydrogens (primary N) is 1. The molecule has 3 rings (SSSR count). The van der Waals surface area contributed by atoms with Crippen LogP contribution >= 0.6 is 12.2 Å². The molecule has 9 nitrogen and oxygen atoms in total. The van der Waals surface area contributed by atoms with Gasteiger partial charge >= 0.3 is 0 Å². The minimum Gasteiger partial charge on any atom is -0.392 e. The summed E-state index contributed by atoms with van der Waals surface area (Å²) < 4.78 is 24.7. The van der Waals surface area contributed by atoms with Crippen LogP contribution < -0.4 is 21.1 Å². The van der Waals surface area contributed by atoms with Crippen LogP contribution in [0.3, 0.4) is 0 Å². The van der Waals surface area contributed by atoms with Gasteiger partial charge in [0.25, 0.3) is 0 Å². The zero-order chi connectivity index (χ0) is 20.9. The van der Waals surface area contributed by atoms with Crippen LogP contribution in [0.2, 0.25) is 0 Å². The number of aliphatic hydroxyl groups is 1. The Bertz CT molecular complexity index is 908. The Morgan fingerprint density at radius 1 is 1.36 bits per heavy atom. The van der Waals surface area contributed by atoms with Gasteiger partial charge in [-0.05, 0) is 32.6 Å². The summed E-state index contributed by atoms with van der Waals surface area (Å²) in [5.74, 6) is 1.18. The Balaban J connectivity index is 1.83. The number of hydrogen-bond donors (Lipinski definition) is 5. The smallest absolute Gasteiger partial charge is 0.224 e. The fourth-order valence-electron chi connectivity index (χ4n) is 4.39. The maximum absolute atomic E-state index is 11.2. The first-order valence-electron chi connectivity index (χ1n) is 9.22. The van der Waals surface area contributed by atoms with Crippen LogP contribution in [-0.2, 0) is 10.0 Å². The number of fused-ring (bicyclic) bond motifs is 1. The van der Waals surface area contributed by atoms with Crippen LogP contribution in [0.4, 0.5) is 11.8 Å². The quantitative estimate of drug-likeness (QED) is 0.293. The van der Waals surface area contributed by atoms with Gasteiger partial charge < -0.3 is 21.5 Å². The molecule has 2 aliphatic rings. The summed E-state index contributed by atoms with van der Waals surface area (Å²) in [6, 6.07) is 0. The van der Waals surface area contributed by atoms with Crippen LogP contribution in [0.5, 0.6) is 0 Å². The van der Waals surface area contributed by atoms with Gasteiger partial charge in [0.15, 0.2) is 0 Å². The molecule has 2 fully saturated rings. The topological polar surface area (TPSA) is 142 Å². The predicted octanol–water partition coefficient (Wildman–Crippen LogP) is 0.342. The van der Waals surface area contributed by atoms with Crippen molar-refractivity contribution in [3.63, 3.8) is 0 Å². The van der Waals surface area contributed by atoms with Gasteiger partial charge in [-0.25, -0.2) is 18.1 Å². The number of aliphatic hydroxyl groups excluding tert-OH is 1. The van der Waals surface area contributed by atoms with Gasteiger partial charge in [-0.15, -0.1) is 0 Å².